The van der Waals surface area contributed by atoms with E-state index in [1.54, 1.807) is 0 Å². The third kappa shape index (κ3) is 2.20. The van der Waals surface area contributed by atoms with Gasteiger partial charge in [-0.1, -0.05) is 0 Å². The van der Waals surface area contributed by atoms with E-state index in [-0.39, 0.29) is 0 Å². The van der Waals surface area contributed by atoms with E-state index < -0.39 is 34.9 Å². The molecule has 3 N–H and O–H groups in total. The Morgan fingerprint density at radius 3 is 2.27 bits per heavy atom. The van der Waals surface area contributed by atoms with Gasteiger partial charge in [-0.15, -0.1) is 0 Å². The smallest absolute Gasteiger partial charge is 0.416 e. The van der Waals surface area contributed by atoms with Gasteiger partial charge < -0.3 is 10.8 Å². The first-order chi connectivity index (χ1) is 6.75. The van der Waals surface area contributed by atoms with Gasteiger partial charge in [0.2, 0.25) is 0 Å². The zero-order chi connectivity index (χ0) is 11.8. The van der Waals surface area contributed by atoms with Crippen molar-refractivity contribution < 1.29 is 22.7 Å². The molecule has 0 spiro atoms. The van der Waals surface area contributed by atoms with Gasteiger partial charge in [0.1, 0.15) is 0 Å². The summed E-state index contributed by atoms with van der Waals surface area (Å²) < 4.78 is 50.1. The molecule has 2 nitrogen and oxygen atoms in total. The molecule has 0 amide bonds. The molecule has 0 bridgehead atoms. The lowest BCUT2D eigenvalue weighted by molar-refractivity contribution is -0.138. The number of rotatable bonds is 1. The molecule has 0 heterocycles. The Kier molecular flexibility index (Phi) is 2.90. The van der Waals surface area contributed by atoms with Crippen LogP contribution >= 0.6 is 0 Å². The maximum absolute atomic E-state index is 12.8. The quantitative estimate of drug-likeness (QED) is 0.719. The first-order valence-corrected chi connectivity index (χ1v) is 4.09. The summed E-state index contributed by atoms with van der Waals surface area (Å²) >= 11 is 0. The van der Waals surface area contributed by atoms with Gasteiger partial charge in [0.25, 0.3) is 0 Å². The summed E-state index contributed by atoms with van der Waals surface area (Å²) in [4.78, 5) is 0. The minimum Gasteiger partial charge on any atom is -0.505 e. The molecular weight excluding hydrogens is 214 g/mol. The van der Waals surface area contributed by atoms with E-state index in [0.29, 0.717) is 12.1 Å². The van der Waals surface area contributed by atoms with E-state index in [1.165, 1.54) is 6.92 Å². The van der Waals surface area contributed by atoms with Crippen LogP contribution in [0.15, 0.2) is 12.1 Å². The van der Waals surface area contributed by atoms with Crippen molar-refractivity contribution in [2.24, 2.45) is 5.73 Å². The highest BCUT2D eigenvalue weighted by Crippen LogP contribution is 2.39. The van der Waals surface area contributed by atoms with Gasteiger partial charge in [0.05, 0.1) is 5.56 Å². The van der Waals surface area contributed by atoms with Crippen LogP contribution in [0.2, 0.25) is 0 Å². The zero-order valence-electron chi connectivity index (χ0n) is 7.77. The molecule has 1 aromatic rings. The van der Waals surface area contributed by atoms with Crippen LogP contribution in [0.5, 0.6) is 5.75 Å². The van der Waals surface area contributed by atoms with E-state index in [4.69, 9.17) is 10.8 Å². The summed E-state index contributed by atoms with van der Waals surface area (Å²) in [6.07, 6.45) is -4.66. The van der Waals surface area contributed by atoms with Crippen LogP contribution in [0.3, 0.4) is 0 Å². The molecule has 0 aliphatic heterocycles. The Hall–Kier alpha value is -1.30. The van der Waals surface area contributed by atoms with Crippen molar-refractivity contribution in [2.75, 3.05) is 0 Å². The van der Waals surface area contributed by atoms with Crippen molar-refractivity contribution in [3.8, 4) is 5.75 Å². The normalized spacial score (nSPS) is 14.0. The molecule has 0 aliphatic rings. The number of halogens is 4. The van der Waals surface area contributed by atoms with Crippen LogP contribution in [0.1, 0.15) is 24.1 Å². The van der Waals surface area contributed by atoms with E-state index in [0.717, 1.165) is 0 Å². The lowest BCUT2D eigenvalue weighted by Crippen LogP contribution is -2.16. The van der Waals surface area contributed by atoms with E-state index >= 15 is 0 Å². The molecule has 0 saturated heterocycles. The average molecular weight is 223 g/mol. The molecule has 1 aromatic carbocycles. The first-order valence-electron chi connectivity index (χ1n) is 4.09. The average Bonchev–Trinajstić information content (AvgIpc) is 2.06. The number of hydrogen-bond acceptors (Lipinski definition) is 2. The second kappa shape index (κ2) is 3.69. The molecule has 0 aliphatic carbocycles. The van der Waals surface area contributed by atoms with Crippen molar-refractivity contribution in [2.45, 2.75) is 19.1 Å². The van der Waals surface area contributed by atoms with Gasteiger partial charge in [-0.2, -0.15) is 13.2 Å². The monoisotopic (exact) mass is 223 g/mol. The molecule has 15 heavy (non-hydrogen) atoms. The molecule has 0 aromatic heterocycles. The molecule has 1 rings (SSSR count). The highest BCUT2D eigenvalue weighted by Gasteiger charge is 2.36. The van der Waals surface area contributed by atoms with Gasteiger partial charge in [-0.05, 0) is 19.1 Å². The minimum absolute atomic E-state index is 0.560. The summed E-state index contributed by atoms with van der Waals surface area (Å²) in [5, 5.41) is 9.16. The second-order valence-corrected chi connectivity index (χ2v) is 3.14. The summed E-state index contributed by atoms with van der Waals surface area (Å²) in [7, 11) is 0. The highest BCUT2D eigenvalue weighted by molar-refractivity contribution is 5.43. The Balaban J connectivity index is 3.47. The summed E-state index contributed by atoms with van der Waals surface area (Å²) in [6, 6.07) is 0.0231. The molecule has 0 fully saturated rings. The molecule has 1 atom stereocenters. The van der Waals surface area contributed by atoms with Gasteiger partial charge in [0.15, 0.2) is 11.6 Å². The van der Waals surface area contributed by atoms with Crippen LogP contribution in [0.25, 0.3) is 0 Å². The predicted molar refractivity (Wildman–Crippen MR) is 45.7 cm³/mol. The molecular formula is C9H9F4NO. The standard InChI is InChI=1S/C9H9F4NO/c1-4(14)7-5(9(11,12)13)2-3-6(10)8(7)15/h2-4,15H,14H2,1H3/t4-/m1/s1. The van der Waals surface area contributed by atoms with Gasteiger partial charge in [-0.3, -0.25) is 0 Å². The topological polar surface area (TPSA) is 46.2 Å². The number of phenolic OH excluding ortho intramolecular Hbond substituents is 1. The van der Waals surface area contributed by atoms with Gasteiger partial charge in [-0.25, -0.2) is 4.39 Å². The summed E-state index contributed by atoms with van der Waals surface area (Å²) in [5.74, 6) is -2.16. The molecule has 0 unspecified atom stereocenters. The minimum atomic E-state index is -4.66. The highest BCUT2D eigenvalue weighted by atomic mass is 19.4. The van der Waals surface area contributed by atoms with Crippen LogP contribution in [-0.2, 0) is 6.18 Å². The number of benzene rings is 1. The van der Waals surface area contributed by atoms with Crippen LogP contribution in [0, 0.1) is 5.82 Å². The lowest BCUT2D eigenvalue weighted by Gasteiger charge is -2.16. The Morgan fingerprint density at radius 1 is 1.33 bits per heavy atom. The number of hydrogen-bond donors (Lipinski definition) is 2. The lowest BCUT2D eigenvalue weighted by atomic mass is 10.00. The Labute approximate surface area is 83.3 Å². The number of nitrogens with two attached hydrogens (primary N) is 1. The van der Waals surface area contributed by atoms with E-state index in [2.05, 4.69) is 0 Å². The van der Waals surface area contributed by atoms with Crippen molar-refractivity contribution in [1.82, 2.24) is 0 Å². The summed E-state index contributed by atoms with van der Waals surface area (Å²) in [6.45, 7) is 1.24. The number of phenols is 1. The maximum atomic E-state index is 12.8. The third-order valence-electron chi connectivity index (χ3n) is 1.93. The largest absolute Gasteiger partial charge is 0.505 e. The maximum Gasteiger partial charge on any atom is 0.416 e. The van der Waals surface area contributed by atoms with Crippen molar-refractivity contribution in [3.63, 3.8) is 0 Å². The van der Waals surface area contributed by atoms with E-state index in [9.17, 15) is 17.6 Å². The molecule has 0 radical (unpaired) electrons. The SMILES string of the molecule is C[C@@H](N)c1c(C(F)(F)F)ccc(F)c1O. The fourth-order valence-corrected chi connectivity index (χ4v) is 1.29. The Bertz CT molecular complexity index is 373. The zero-order valence-corrected chi connectivity index (χ0v) is 7.77. The first kappa shape index (κ1) is 11.8. The van der Waals surface area contributed by atoms with Gasteiger partial charge >= 0.3 is 6.18 Å². The fourth-order valence-electron chi connectivity index (χ4n) is 1.29. The second-order valence-electron chi connectivity index (χ2n) is 3.14. The molecule has 6 heteroatoms. The fraction of sp³-hybridized carbons (Fsp3) is 0.333. The Morgan fingerprint density at radius 2 is 1.87 bits per heavy atom. The third-order valence-corrected chi connectivity index (χ3v) is 1.93. The number of alkyl halides is 3. The van der Waals surface area contributed by atoms with Gasteiger partial charge in [0, 0.05) is 11.6 Å². The van der Waals surface area contributed by atoms with Crippen molar-refractivity contribution >= 4 is 0 Å². The van der Waals surface area contributed by atoms with Crippen molar-refractivity contribution in [1.29, 1.82) is 0 Å². The predicted octanol–water partition coefficient (Wildman–Crippen LogP) is 2.57. The van der Waals surface area contributed by atoms with Crippen LogP contribution in [0.4, 0.5) is 17.6 Å². The van der Waals surface area contributed by atoms with Crippen LogP contribution in [-0.4, -0.2) is 5.11 Å². The summed E-state index contributed by atoms with van der Waals surface area (Å²) in [5.41, 5.74) is 3.52. The van der Waals surface area contributed by atoms with E-state index in [1.807, 2.05) is 0 Å². The number of aromatic hydroxyl groups is 1. The molecule has 0 saturated carbocycles. The van der Waals surface area contributed by atoms with Crippen LogP contribution < -0.4 is 5.73 Å². The molecule has 84 valence electrons. The van der Waals surface area contributed by atoms with Crippen molar-refractivity contribution in [3.05, 3.63) is 29.1 Å².